The monoisotopic (exact) mass is 256 g/mol. The van der Waals surface area contributed by atoms with Crippen LogP contribution in [0.15, 0.2) is 0 Å². The van der Waals surface area contributed by atoms with Crippen LogP contribution >= 0.6 is 0 Å². The third-order valence-corrected chi connectivity index (χ3v) is 3.75. The Morgan fingerprint density at radius 1 is 1.22 bits per heavy atom. The minimum atomic E-state index is 0.501. The fourth-order valence-electron chi connectivity index (χ4n) is 3.19. The lowest BCUT2D eigenvalue weighted by Crippen LogP contribution is -2.41. The first-order valence-corrected chi connectivity index (χ1v) is 7.35. The highest BCUT2D eigenvalue weighted by atomic mass is 16.5. The Kier molecular flexibility index (Phi) is 6.61. The minimum Gasteiger partial charge on any atom is -0.379 e. The van der Waals surface area contributed by atoms with Gasteiger partial charge in [0, 0.05) is 19.1 Å². The topological polar surface area (TPSA) is 24.5 Å². The number of nitrogens with zero attached hydrogens (tertiary/aromatic N) is 1. The predicted molar refractivity (Wildman–Crippen MR) is 78.0 cm³/mol. The van der Waals surface area contributed by atoms with E-state index in [1.54, 1.807) is 0 Å². The van der Waals surface area contributed by atoms with Gasteiger partial charge in [0.25, 0.3) is 0 Å². The molecule has 0 aliphatic heterocycles. The molecule has 0 aromatic carbocycles. The van der Waals surface area contributed by atoms with E-state index < -0.39 is 0 Å². The molecule has 108 valence electrons. The van der Waals surface area contributed by atoms with Gasteiger partial charge in [-0.1, -0.05) is 20.8 Å². The van der Waals surface area contributed by atoms with E-state index in [0.717, 1.165) is 32.2 Å². The van der Waals surface area contributed by atoms with Crippen LogP contribution in [0.2, 0.25) is 0 Å². The van der Waals surface area contributed by atoms with Crippen molar-refractivity contribution >= 4 is 0 Å². The smallest absolute Gasteiger partial charge is 0.0593 e. The number of rotatable bonds is 7. The largest absolute Gasteiger partial charge is 0.379 e. The lowest BCUT2D eigenvalue weighted by Gasteiger charge is -2.39. The summed E-state index contributed by atoms with van der Waals surface area (Å²) >= 11 is 0. The van der Waals surface area contributed by atoms with E-state index in [1.807, 2.05) is 0 Å². The van der Waals surface area contributed by atoms with Crippen LogP contribution in [0.1, 0.15) is 40.0 Å². The Morgan fingerprint density at radius 2 is 1.94 bits per heavy atom. The molecule has 0 radical (unpaired) electrons. The van der Waals surface area contributed by atoms with Gasteiger partial charge in [-0.05, 0) is 44.7 Å². The highest BCUT2D eigenvalue weighted by molar-refractivity contribution is 4.86. The van der Waals surface area contributed by atoms with Crippen molar-refractivity contribution in [3.8, 4) is 0 Å². The van der Waals surface area contributed by atoms with Gasteiger partial charge < -0.3 is 15.0 Å². The maximum Gasteiger partial charge on any atom is 0.0593 e. The highest BCUT2D eigenvalue weighted by Gasteiger charge is 2.31. The Morgan fingerprint density at radius 3 is 2.56 bits per heavy atom. The second kappa shape index (κ2) is 7.46. The summed E-state index contributed by atoms with van der Waals surface area (Å²) in [5.74, 6) is 0.848. The summed E-state index contributed by atoms with van der Waals surface area (Å²) in [5.41, 5.74) is 0.501. The highest BCUT2D eigenvalue weighted by Crippen LogP contribution is 2.38. The van der Waals surface area contributed by atoms with E-state index in [2.05, 4.69) is 45.1 Å². The van der Waals surface area contributed by atoms with Crippen molar-refractivity contribution in [3.05, 3.63) is 0 Å². The van der Waals surface area contributed by atoms with Gasteiger partial charge in [-0.3, -0.25) is 0 Å². The number of likely N-dealkylation sites (N-methyl/N-ethyl adjacent to an activating group) is 1. The Bertz CT molecular complexity index is 229. The van der Waals surface area contributed by atoms with E-state index in [0.29, 0.717) is 11.5 Å². The first kappa shape index (κ1) is 15.9. The normalized spacial score (nSPS) is 27.7. The number of hydrogen-bond donors (Lipinski definition) is 1. The van der Waals surface area contributed by atoms with Crippen LogP contribution < -0.4 is 5.32 Å². The zero-order chi connectivity index (χ0) is 13.6. The van der Waals surface area contributed by atoms with Gasteiger partial charge in [0.1, 0.15) is 0 Å². The summed E-state index contributed by atoms with van der Waals surface area (Å²) < 4.78 is 5.61. The molecule has 2 atom stereocenters. The first-order valence-electron chi connectivity index (χ1n) is 7.35. The van der Waals surface area contributed by atoms with Crippen molar-refractivity contribution in [2.24, 2.45) is 11.3 Å². The maximum atomic E-state index is 5.61. The molecule has 3 nitrogen and oxygen atoms in total. The molecule has 0 amide bonds. The van der Waals surface area contributed by atoms with Crippen LogP contribution in [0.4, 0.5) is 0 Å². The van der Waals surface area contributed by atoms with Gasteiger partial charge in [-0.2, -0.15) is 0 Å². The van der Waals surface area contributed by atoms with Crippen LogP contribution in [-0.2, 0) is 4.74 Å². The molecule has 0 saturated heterocycles. The molecule has 18 heavy (non-hydrogen) atoms. The summed E-state index contributed by atoms with van der Waals surface area (Å²) in [6.45, 7) is 10.8. The number of nitrogens with one attached hydrogen (secondary N) is 1. The molecule has 1 saturated carbocycles. The zero-order valence-electron chi connectivity index (χ0n) is 13.0. The fourth-order valence-corrected chi connectivity index (χ4v) is 3.19. The molecule has 1 aliphatic rings. The van der Waals surface area contributed by atoms with Crippen molar-refractivity contribution in [2.45, 2.75) is 46.1 Å². The lowest BCUT2D eigenvalue weighted by atomic mass is 9.70. The summed E-state index contributed by atoms with van der Waals surface area (Å²) in [6.07, 6.45) is 3.99. The minimum absolute atomic E-state index is 0.501. The van der Waals surface area contributed by atoms with E-state index >= 15 is 0 Å². The summed E-state index contributed by atoms with van der Waals surface area (Å²) in [4.78, 5) is 2.15. The van der Waals surface area contributed by atoms with Crippen LogP contribution in [0.3, 0.4) is 0 Å². The molecule has 1 fully saturated rings. The average molecular weight is 256 g/mol. The van der Waals surface area contributed by atoms with Crippen LogP contribution in [0.5, 0.6) is 0 Å². The molecular formula is C15H32N2O. The molecule has 0 spiro atoms. The molecule has 3 heteroatoms. The van der Waals surface area contributed by atoms with Crippen LogP contribution in [0.25, 0.3) is 0 Å². The molecule has 1 rings (SSSR count). The van der Waals surface area contributed by atoms with Gasteiger partial charge in [0.2, 0.25) is 0 Å². The molecule has 0 aromatic heterocycles. The van der Waals surface area contributed by atoms with Crippen molar-refractivity contribution < 1.29 is 4.74 Å². The average Bonchev–Trinajstić information content (AvgIpc) is 2.19. The SMILES string of the molecule is CC1CC(NCCOCCN(C)C)CC(C)(C)C1. The molecule has 0 heterocycles. The molecule has 1 N–H and O–H groups in total. The predicted octanol–water partition coefficient (Wildman–Crippen LogP) is 2.37. The van der Waals surface area contributed by atoms with Gasteiger partial charge >= 0.3 is 0 Å². The third-order valence-electron chi connectivity index (χ3n) is 3.75. The van der Waals surface area contributed by atoms with Gasteiger partial charge in [-0.25, -0.2) is 0 Å². The van der Waals surface area contributed by atoms with E-state index in [-0.39, 0.29) is 0 Å². The third kappa shape index (κ3) is 6.72. The number of ether oxygens (including phenoxy) is 1. The van der Waals surface area contributed by atoms with Crippen molar-refractivity contribution in [3.63, 3.8) is 0 Å². The summed E-state index contributed by atoms with van der Waals surface area (Å²) in [6, 6.07) is 0.682. The lowest BCUT2D eigenvalue weighted by molar-refractivity contribution is 0.106. The van der Waals surface area contributed by atoms with E-state index in [9.17, 15) is 0 Å². The van der Waals surface area contributed by atoms with Crippen LogP contribution in [-0.4, -0.2) is 51.3 Å². The van der Waals surface area contributed by atoms with E-state index in [1.165, 1.54) is 19.3 Å². The summed E-state index contributed by atoms with van der Waals surface area (Å²) in [5, 5.41) is 3.66. The van der Waals surface area contributed by atoms with Gasteiger partial charge in [0.05, 0.1) is 13.2 Å². The maximum absolute atomic E-state index is 5.61. The number of hydrogen-bond acceptors (Lipinski definition) is 3. The fraction of sp³-hybridized carbons (Fsp3) is 1.00. The second-order valence-corrected chi connectivity index (χ2v) is 6.98. The van der Waals surface area contributed by atoms with Crippen molar-refractivity contribution in [1.82, 2.24) is 10.2 Å². The van der Waals surface area contributed by atoms with Gasteiger partial charge in [0.15, 0.2) is 0 Å². The quantitative estimate of drug-likeness (QED) is 0.708. The standard InChI is InChI=1S/C15H32N2O/c1-13-10-14(12-15(2,3)11-13)16-6-8-18-9-7-17(4)5/h13-14,16H,6-12H2,1-5H3. The van der Waals surface area contributed by atoms with E-state index in [4.69, 9.17) is 4.74 Å². The van der Waals surface area contributed by atoms with Crippen molar-refractivity contribution in [1.29, 1.82) is 0 Å². The molecule has 1 aliphatic carbocycles. The second-order valence-electron chi connectivity index (χ2n) is 6.98. The first-order chi connectivity index (χ1) is 8.39. The molecule has 0 bridgehead atoms. The van der Waals surface area contributed by atoms with Crippen molar-refractivity contribution in [2.75, 3.05) is 40.4 Å². The van der Waals surface area contributed by atoms with Crippen LogP contribution in [0, 0.1) is 11.3 Å². The molecule has 0 aromatic rings. The zero-order valence-corrected chi connectivity index (χ0v) is 13.0. The Balaban J connectivity index is 2.08. The Labute approximate surface area is 113 Å². The van der Waals surface area contributed by atoms with Gasteiger partial charge in [-0.15, -0.1) is 0 Å². The Hall–Kier alpha value is -0.120. The summed E-state index contributed by atoms with van der Waals surface area (Å²) in [7, 11) is 4.15. The molecular weight excluding hydrogens is 224 g/mol. The molecule has 2 unspecified atom stereocenters.